The van der Waals surface area contributed by atoms with Crippen molar-refractivity contribution in [2.75, 3.05) is 23.3 Å². The lowest BCUT2D eigenvalue weighted by Gasteiger charge is -2.30. The Labute approximate surface area is 193 Å². The summed E-state index contributed by atoms with van der Waals surface area (Å²) in [5.74, 6) is -0.276. The van der Waals surface area contributed by atoms with Gasteiger partial charge in [0, 0.05) is 35.3 Å². The van der Waals surface area contributed by atoms with Gasteiger partial charge >= 0.3 is 0 Å². The van der Waals surface area contributed by atoms with Gasteiger partial charge in [-0.25, -0.2) is 13.9 Å². The van der Waals surface area contributed by atoms with Crippen LogP contribution in [0.3, 0.4) is 0 Å². The summed E-state index contributed by atoms with van der Waals surface area (Å²) in [6.07, 6.45) is 3.37. The van der Waals surface area contributed by atoms with E-state index in [1.165, 1.54) is 23.5 Å². The Kier molecular flexibility index (Phi) is 5.57. The van der Waals surface area contributed by atoms with Crippen molar-refractivity contribution < 1.29 is 9.18 Å². The van der Waals surface area contributed by atoms with Crippen molar-refractivity contribution in [2.24, 2.45) is 5.92 Å². The zero-order chi connectivity index (χ0) is 22.2. The maximum Gasteiger partial charge on any atom is 0.227 e. The van der Waals surface area contributed by atoms with E-state index >= 15 is 0 Å². The van der Waals surface area contributed by atoms with Crippen LogP contribution in [0.4, 0.5) is 15.2 Å². The number of rotatable bonds is 4. The topological polar surface area (TPSA) is 62.5 Å². The molecule has 1 fully saturated rings. The highest BCUT2D eigenvalue weighted by Crippen LogP contribution is 2.30. The molecule has 3 heterocycles. The molecule has 32 heavy (non-hydrogen) atoms. The summed E-state index contributed by atoms with van der Waals surface area (Å²) in [5.41, 5.74) is 3.38. The van der Waals surface area contributed by atoms with Gasteiger partial charge in [0.05, 0.1) is 11.9 Å². The Hall–Kier alpha value is -2.97. The summed E-state index contributed by atoms with van der Waals surface area (Å²) in [5, 5.41) is 9.19. The number of halogens is 2. The summed E-state index contributed by atoms with van der Waals surface area (Å²) in [7, 11) is 0. The summed E-state index contributed by atoms with van der Waals surface area (Å²) in [6.45, 7) is 3.47. The van der Waals surface area contributed by atoms with E-state index in [1.54, 1.807) is 22.7 Å². The fourth-order valence-corrected chi connectivity index (χ4v) is 4.98. The fourth-order valence-electron chi connectivity index (χ4n) is 3.87. The number of nitrogens with zero attached hydrogens (tertiary/aromatic N) is 4. The van der Waals surface area contributed by atoms with Gasteiger partial charge in [-0.15, -0.1) is 5.10 Å². The standard InChI is InChI=1S/C23H21ClFN5OS/c1-14-2-5-17(24)12-19(14)26-21(31)16-8-10-29(11-9-16)23-28-30-13-20(27-22(30)32-23)15-3-6-18(25)7-4-15/h2-7,12-13,16H,8-11H2,1H3,(H,26,31). The lowest BCUT2D eigenvalue weighted by atomic mass is 9.96. The smallest absolute Gasteiger partial charge is 0.227 e. The van der Waals surface area contributed by atoms with Gasteiger partial charge in [-0.3, -0.25) is 4.79 Å². The summed E-state index contributed by atoms with van der Waals surface area (Å²) >= 11 is 7.58. The first-order valence-corrected chi connectivity index (χ1v) is 11.6. The summed E-state index contributed by atoms with van der Waals surface area (Å²) in [4.78, 5) is 20.4. The monoisotopic (exact) mass is 469 g/mol. The average molecular weight is 470 g/mol. The van der Waals surface area contributed by atoms with E-state index in [4.69, 9.17) is 11.6 Å². The Balaban J connectivity index is 1.23. The van der Waals surface area contributed by atoms with Gasteiger partial charge in [0.1, 0.15) is 5.82 Å². The largest absolute Gasteiger partial charge is 0.347 e. The molecule has 0 aliphatic carbocycles. The number of carbonyl (C=O) groups is 1. The van der Waals surface area contributed by atoms with Gasteiger partial charge < -0.3 is 10.2 Å². The highest BCUT2D eigenvalue weighted by Gasteiger charge is 2.27. The number of nitrogens with one attached hydrogen (secondary N) is 1. The molecule has 2 aromatic carbocycles. The second-order valence-electron chi connectivity index (χ2n) is 7.95. The molecule has 9 heteroatoms. The van der Waals surface area contributed by atoms with E-state index < -0.39 is 0 Å². The van der Waals surface area contributed by atoms with E-state index in [-0.39, 0.29) is 17.6 Å². The molecule has 0 radical (unpaired) electrons. The number of anilines is 2. The molecule has 0 bridgehead atoms. The molecule has 2 aromatic heterocycles. The SMILES string of the molecule is Cc1ccc(Cl)cc1NC(=O)C1CCN(c2nn3cc(-c4ccc(F)cc4)nc3s2)CC1. The van der Waals surface area contributed by atoms with Crippen molar-refractivity contribution >= 4 is 44.6 Å². The van der Waals surface area contributed by atoms with Crippen molar-refractivity contribution in [3.8, 4) is 11.3 Å². The van der Waals surface area contributed by atoms with Gasteiger partial charge in [-0.2, -0.15) is 0 Å². The van der Waals surface area contributed by atoms with Crippen LogP contribution in [0, 0.1) is 18.7 Å². The molecule has 0 unspecified atom stereocenters. The van der Waals surface area contributed by atoms with Crippen LogP contribution in [-0.4, -0.2) is 33.6 Å². The van der Waals surface area contributed by atoms with Gasteiger partial charge in [0.25, 0.3) is 0 Å². The van der Waals surface area contributed by atoms with Gasteiger partial charge in [0.15, 0.2) is 0 Å². The molecule has 1 aliphatic heterocycles. The number of hydrogen-bond acceptors (Lipinski definition) is 5. The molecule has 1 aliphatic rings. The number of imidazole rings is 1. The number of aromatic nitrogens is 3. The third-order valence-electron chi connectivity index (χ3n) is 5.77. The minimum absolute atomic E-state index is 0.0351. The number of hydrogen-bond donors (Lipinski definition) is 1. The first-order chi connectivity index (χ1) is 15.5. The molecule has 0 saturated carbocycles. The fraction of sp³-hybridized carbons (Fsp3) is 0.261. The molecule has 5 rings (SSSR count). The molecule has 0 spiro atoms. The second-order valence-corrected chi connectivity index (χ2v) is 9.33. The zero-order valence-corrected chi connectivity index (χ0v) is 19.0. The van der Waals surface area contributed by atoms with Crippen LogP contribution in [0.1, 0.15) is 18.4 Å². The predicted octanol–water partition coefficient (Wildman–Crippen LogP) is 5.41. The van der Waals surface area contributed by atoms with E-state index in [2.05, 4.69) is 20.3 Å². The molecule has 1 amide bonds. The number of benzene rings is 2. The van der Waals surface area contributed by atoms with Crippen LogP contribution in [0.2, 0.25) is 5.02 Å². The van der Waals surface area contributed by atoms with Crippen LogP contribution in [0.5, 0.6) is 0 Å². The van der Waals surface area contributed by atoms with E-state index in [1.807, 2.05) is 25.3 Å². The Morgan fingerprint density at radius 3 is 2.66 bits per heavy atom. The predicted molar refractivity (Wildman–Crippen MR) is 126 cm³/mol. The number of amides is 1. The van der Waals surface area contributed by atoms with Crippen molar-refractivity contribution in [1.29, 1.82) is 0 Å². The normalized spacial score (nSPS) is 14.8. The van der Waals surface area contributed by atoms with Gasteiger partial charge in [-0.05, 0) is 61.7 Å². The Morgan fingerprint density at radius 1 is 1.19 bits per heavy atom. The van der Waals surface area contributed by atoms with Gasteiger partial charge in [-0.1, -0.05) is 29.0 Å². The van der Waals surface area contributed by atoms with Crippen molar-refractivity contribution in [1.82, 2.24) is 14.6 Å². The third-order valence-corrected chi connectivity index (χ3v) is 6.98. The van der Waals surface area contributed by atoms with E-state index in [0.29, 0.717) is 5.02 Å². The number of piperidine rings is 1. The molecule has 1 N–H and O–H groups in total. The molecule has 164 valence electrons. The highest BCUT2D eigenvalue weighted by molar-refractivity contribution is 7.20. The third kappa shape index (κ3) is 4.20. The zero-order valence-electron chi connectivity index (χ0n) is 17.4. The minimum atomic E-state index is -0.269. The van der Waals surface area contributed by atoms with Crippen LogP contribution < -0.4 is 10.2 Å². The summed E-state index contributed by atoms with van der Waals surface area (Å²) in [6, 6.07) is 11.8. The van der Waals surface area contributed by atoms with Crippen LogP contribution in [0.25, 0.3) is 16.2 Å². The average Bonchev–Trinajstić information content (AvgIpc) is 3.36. The first-order valence-electron chi connectivity index (χ1n) is 10.4. The number of fused-ring (bicyclic) bond motifs is 1. The summed E-state index contributed by atoms with van der Waals surface area (Å²) < 4.78 is 14.9. The van der Waals surface area contributed by atoms with Crippen molar-refractivity contribution in [3.63, 3.8) is 0 Å². The van der Waals surface area contributed by atoms with Crippen molar-refractivity contribution in [2.45, 2.75) is 19.8 Å². The lowest BCUT2D eigenvalue weighted by molar-refractivity contribution is -0.120. The minimum Gasteiger partial charge on any atom is -0.347 e. The van der Waals surface area contributed by atoms with Crippen LogP contribution >= 0.6 is 22.9 Å². The molecular weight excluding hydrogens is 449 g/mol. The highest BCUT2D eigenvalue weighted by atomic mass is 35.5. The maximum atomic E-state index is 13.2. The quantitative estimate of drug-likeness (QED) is 0.434. The lowest BCUT2D eigenvalue weighted by Crippen LogP contribution is -2.38. The second kappa shape index (κ2) is 8.52. The maximum absolute atomic E-state index is 13.2. The molecule has 0 atom stereocenters. The Bertz CT molecular complexity index is 1250. The van der Waals surface area contributed by atoms with E-state index in [9.17, 15) is 9.18 Å². The molecule has 1 saturated heterocycles. The molecular formula is C23H21ClFN5OS. The van der Waals surface area contributed by atoms with Gasteiger partial charge in [0.2, 0.25) is 16.0 Å². The first kappa shape index (κ1) is 20.9. The Morgan fingerprint density at radius 2 is 1.94 bits per heavy atom. The van der Waals surface area contributed by atoms with Crippen LogP contribution in [0.15, 0.2) is 48.7 Å². The molecule has 4 aromatic rings. The van der Waals surface area contributed by atoms with Crippen molar-refractivity contribution in [3.05, 3.63) is 65.1 Å². The number of carbonyl (C=O) groups excluding carboxylic acids is 1. The van der Waals surface area contributed by atoms with E-state index in [0.717, 1.165) is 58.5 Å². The number of aryl methyl sites for hydroxylation is 1. The van der Waals surface area contributed by atoms with Crippen LogP contribution in [-0.2, 0) is 4.79 Å². The molecule has 6 nitrogen and oxygen atoms in total.